The Morgan fingerprint density at radius 2 is 2.12 bits per heavy atom. The molecule has 10 heteroatoms. The Bertz CT molecular complexity index is 610. The second kappa shape index (κ2) is 7.67. The highest BCUT2D eigenvalue weighted by molar-refractivity contribution is 5.69. The van der Waals surface area contributed by atoms with E-state index >= 15 is 0 Å². The maximum absolute atomic E-state index is 13.9. The molecular formula is C16H24F3N5O2. The molecule has 0 spiro atoms. The molecule has 146 valence electrons. The summed E-state index contributed by atoms with van der Waals surface area (Å²) in [6, 6.07) is -0.223. The molecule has 2 rings (SSSR count). The maximum Gasteiger partial charge on any atom is 0.413 e. The van der Waals surface area contributed by atoms with E-state index in [1.54, 1.807) is 20.8 Å². The summed E-state index contributed by atoms with van der Waals surface area (Å²) in [7, 11) is 0. The molecule has 0 saturated carbocycles. The quantitative estimate of drug-likeness (QED) is 0.553. The van der Waals surface area contributed by atoms with Crippen LogP contribution in [-0.4, -0.2) is 46.9 Å². The summed E-state index contributed by atoms with van der Waals surface area (Å²) in [5.74, 6) is 5.43. The Hall–Kier alpha value is -2.07. The number of nitrogens with one attached hydrogen (secondary N) is 2. The minimum Gasteiger partial charge on any atom is -0.444 e. The van der Waals surface area contributed by atoms with Gasteiger partial charge >= 0.3 is 12.3 Å². The summed E-state index contributed by atoms with van der Waals surface area (Å²) in [4.78, 5) is 17.3. The minimum atomic E-state index is -4.70. The van der Waals surface area contributed by atoms with E-state index in [2.05, 4.69) is 15.7 Å². The Balaban J connectivity index is 2.45. The Kier molecular flexibility index (Phi) is 5.97. The van der Waals surface area contributed by atoms with Gasteiger partial charge in [-0.2, -0.15) is 13.2 Å². The summed E-state index contributed by atoms with van der Waals surface area (Å²) in [6.45, 7) is 5.63. The second-order valence-electron chi connectivity index (χ2n) is 7.10. The number of pyridine rings is 1. The molecular weight excluding hydrogens is 351 g/mol. The van der Waals surface area contributed by atoms with Crippen molar-refractivity contribution in [2.75, 3.05) is 18.5 Å². The number of hydrogen-bond acceptors (Lipinski definition) is 6. The number of nitrogens with two attached hydrogens (primary N) is 1. The molecule has 1 aliphatic heterocycles. The van der Waals surface area contributed by atoms with Crippen LogP contribution in [0.4, 0.5) is 23.8 Å². The fraction of sp³-hybridized carbons (Fsp3) is 0.625. The average Bonchev–Trinajstić information content (AvgIpc) is 3.03. The van der Waals surface area contributed by atoms with Gasteiger partial charge in [0.05, 0.1) is 0 Å². The average molecular weight is 375 g/mol. The lowest BCUT2D eigenvalue weighted by Gasteiger charge is -2.38. The van der Waals surface area contributed by atoms with Crippen molar-refractivity contribution in [2.45, 2.75) is 51.1 Å². The van der Waals surface area contributed by atoms with Crippen LogP contribution in [0, 0.1) is 0 Å². The largest absolute Gasteiger partial charge is 0.444 e. The van der Waals surface area contributed by atoms with Crippen LogP contribution in [0.3, 0.4) is 0 Å². The molecule has 1 aliphatic rings. The number of rotatable bonds is 4. The van der Waals surface area contributed by atoms with Crippen LogP contribution >= 0.6 is 0 Å². The number of hydrazine groups is 1. The number of carbonyl (C=O) groups is 1. The van der Waals surface area contributed by atoms with E-state index in [0.717, 1.165) is 11.1 Å². The van der Waals surface area contributed by atoms with Gasteiger partial charge in [-0.1, -0.05) is 6.07 Å². The van der Waals surface area contributed by atoms with Gasteiger partial charge in [0.25, 0.3) is 0 Å². The van der Waals surface area contributed by atoms with Gasteiger partial charge in [-0.15, -0.1) is 0 Å². The predicted octanol–water partition coefficient (Wildman–Crippen LogP) is 2.57. The van der Waals surface area contributed by atoms with Crippen molar-refractivity contribution in [3.8, 4) is 0 Å². The van der Waals surface area contributed by atoms with Crippen molar-refractivity contribution in [2.24, 2.45) is 5.84 Å². The first-order valence-corrected chi connectivity index (χ1v) is 8.24. The third-order valence-corrected chi connectivity index (χ3v) is 3.87. The number of halogens is 3. The number of hydrogen-bond donors (Lipinski definition) is 3. The molecule has 1 amide bonds. The lowest BCUT2D eigenvalue weighted by atomic mass is 10.0. The molecule has 1 aromatic rings. The highest BCUT2D eigenvalue weighted by atomic mass is 19.4. The number of carbonyl (C=O) groups excluding carboxylic acids is 1. The van der Waals surface area contributed by atoms with Gasteiger partial charge in [-0.3, -0.25) is 4.90 Å². The fourth-order valence-corrected chi connectivity index (χ4v) is 2.82. The number of aromatic nitrogens is 1. The molecule has 2 unspecified atom stereocenters. The van der Waals surface area contributed by atoms with Crippen molar-refractivity contribution < 1.29 is 22.7 Å². The van der Waals surface area contributed by atoms with Crippen LogP contribution < -0.4 is 16.6 Å². The van der Waals surface area contributed by atoms with Crippen molar-refractivity contribution in [3.05, 3.63) is 23.9 Å². The van der Waals surface area contributed by atoms with E-state index < -0.39 is 30.0 Å². The van der Waals surface area contributed by atoms with Crippen LogP contribution in [0.1, 0.15) is 38.8 Å². The molecule has 1 saturated heterocycles. The zero-order valence-corrected chi connectivity index (χ0v) is 14.9. The van der Waals surface area contributed by atoms with Gasteiger partial charge in [-0.05, 0) is 39.8 Å². The smallest absolute Gasteiger partial charge is 0.413 e. The van der Waals surface area contributed by atoms with Crippen LogP contribution in [0.5, 0.6) is 0 Å². The van der Waals surface area contributed by atoms with Crippen LogP contribution in [0.15, 0.2) is 18.3 Å². The summed E-state index contributed by atoms with van der Waals surface area (Å²) >= 11 is 0. The number of nitrogens with zero attached hydrogens (tertiary/aromatic N) is 2. The maximum atomic E-state index is 13.9. The van der Waals surface area contributed by atoms with Crippen molar-refractivity contribution in [3.63, 3.8) is 0 Å². The monoisotopic (exact) mass is 375 g/mol. The summed E-state index contributed by atoms with van der Waals surface area (Å²) in [5, 5.41) is 2.99. The molecule has 0 aliphatic carbocycles. The van der Waals surface area contributed by atoms with E-state index in [9.17, 15) is 18.0 Å². The van der Waals surface area contributed by atoms with Crippen molar-refractivity contribution in [1.82, 2.24) is 15.2 Å². The Labute approximate surface area is 150 Å². The molecule has 2 atom stereocenters. The van der Waals surface area contributed by atoms with Gasteiger partial charge in [0.2, 0.25) is 0 Å². The molecule has 1 fully saturated rings. The zero-order chi connectivity index (χ0) is 19.5. The number of ether oxygens (including phenoxy) is 1. The normalized spacial score (nSPS) is 19.1. The highest BCUT2D eigenvalue weighted by Crippen LogP contribution is 2.40. The second-order valence-corrected chi connectivity index (χ2v) is 7.10. The van der Waals surface area contributed by atoms with E-state index in [1.807, 2.05) is 0 Å². The van der Waals surface area contributed by atoms with Crippen molar-refractivity contribution >= 4 is 11.9 Å². The van der Waals surface area contributed by atoms with Crippen LogP contribution in [0.2, 0.25) is 0 Å². The van der Waals surface area contributed by atoms with Gasteiger partial charge in [-0.25, -0.2) is 15.6 Å². The fourth-order valence-electron chi connectivity index (χ4n) is 2.82. The van der Waals surface area contributed by atoms with Crippen LogP contribution in [0.25, 0.3) is 0 Å². The Morgan fingerprint density at radius 3 is 2.54 bits per heavy atom. The van der Waals surface area contributed by atoms with Gasteiger partial charge in [0, 0.05) is 24.3 Å². The number of amides is 1. The lowest BCUT2D eigenvalue weighted by molar-refractivity contribution is -0.188. The molecule has 26 heavy (non-hydrogen) atoms. The van der Waals surface area contributed by atoms with E-state index in [0.29, 0.717) is 13.0 Å². The van der Waals surface area contributed by atoms with Crippen molar-refractivity contribution in [1.29, 1.82) is 0 Å². The van der Waals surface area contributed by atoms with E-state index in [4.69, 9.17) is 10.6 Å². The first-order chi connectivity index (χ1) is 12.0. The SMILES string of the molecule is CC(C)(C)OC(=O)N(C1CCNC1)C(c1ccc(NN)nc1)C(F)(F)F. The third-order valence-electron chi connectivity index (χ3n) is 3.87. The zero-order valence-electron chi connectivity index (χ0n) is 14.9. The molecule has 7 nitrogen and oxygen atoms in total. The van der Waals surface area contributed by atoms with Gasteiger partial charge in [0.15, 0.2) is 6.04 Å². The molecule has 4 N–H and O–H groups in total. The Morgan fingerprint density at radius 1 is 1.42 bits per heavy atom. The number of nitrogen functional groups attached to an aromatic ring is 1. The number of anilines is 1. The minimum absolute atomic E-state index is 0.158. The first-order valence-electron chi connectivity index (χ1n) is 8.24. The molecule has 0 bridgehead atoms. The predicted molar refractivity (Wildman–Crippen MR) is 90.2 cm³/mol. The molecule has 1 aromatic heterocycles. The third kappa shape index (κ3) is 4.98. The lowest BCUT2D eigenvalue weighted by Crippen LogP contribution is -2.50. The topological polar surface area (TPSA) is 92.5 Å². The van der Waals surface area contributed by atoms with Gasteiger partial charge < -0.3 is 15.5 Å². The first kappa shape index (κ1) is 20.2. The molecule has 0 radical (unpaired) electrons. The highest BCUT2D eigenvalue weighted by Gasteiger charge is 2.50. The number of alkyl halides is 3. The summed E-state index contributed by atoms with van der Waals surface area (Å²) < 4.78 is 47.1. The summed E-state index contributed by atoms with van der Waals surface area (Å²) in [6.07, 6.45) is -4.23. The van der Waals surface area contributed by atoms with Crippen LogP contribution in [-0.2, 0) is 4.74 Å². The van der Waals surface area contributed by atoms with Gasteiger partial charge in [0.1, 0.15) is 11.4 Å². The standard InChI is InChI=1S/C16H24F3N5O2/c1-15(2,3)26-14(25)24(11-6-7-21-9-11)13(16(17,18)19)10-4-5-12(23-20)22-8-10/h4-5,8,11,13,21H,6-7,9,20H2,1-3H3,(H,22,23). The molecule has 0 aromatic carbocycles. The molecule has 2 heterocycles. The van der Waals surface area contributed by atoms with E-state index in [-0.39, 0.29) is 17.9 Å². The van der Waals surface area contributed by atoms with E-state index in [1.165, 1.54) is 12.1 Å². The summed E-state index contributed by atoms with van der Waals surface area (Å²) in [5.41, 5.74) is 1.19.